The Morgan fingerprint density at radius 3 is 2.79 bits per heavy atom. The van der Waals surface area contributed by atoms with Crippen molar-refractivity contribution in [3.8, 4) is 0 Å². The van der Waals surface area contributed by atoms with Gasteiger partial charge in [-0.15, -0.1) is 0 Å². The molecule has 5 heteroatoms. The third kappa shape index (κ3) is 3.60. The Balaban J connectivity index is 2.12. The number of halogens is 1. The van der Waals surface area contributed by atoms with Crippen LogP contribution in [-0.4, -0.2) is 28.1 Å². The zero-order valence-corrected chi connectivity index (χ0v) is 12.3. The summed E-state index contributed by atoms with van der Waals surface area (Å²) in [6.45, 7) is 6.35. The molecule has 2 rings (SSSR count). The molecule has 1 aromatic rings. The first-order valence-corrected chi connectivity index (χ1v) is 6.86. The summed E-state index contributed by atoms with van der Waals surface area (Å²) in [5, 5.41) is 0.463. The van der Waals surface area contributed by atoms with Gasteiger partial charge < -0.3 is 9.64 Å². The van der Waals surface area contributed by atoms with E-state index in [0.29, 0.717) is 5.15 Å². The van der Waals surface area contributed by atoms with Gasteiger partial charge in [0.1, 0.15) is 10.8 Å². The minimum Gasteiger partial charge on any atom is -0.444 e. The minimum atomic E-state index is -0.470. The molecule has 1 aliphatic heterocycles. The van der Waals surface area contributed by atoms with Gasteiger partial charge in [0.2, 0.25) is 0 Å². The Hall–Kier alpha value is -1.29. The van der Waals surface area contributed by atoms with Crippen molar-refractivity contribution < 1.29 is 9.53 Å². The molecule has 1 aromatic heterocycles. The van der Waals surface area contributed by atoms with Crippen LogP contribution in [0.4, 0.5) is 4.79 Å². The van der Waals surface area contributed by atoms with E-state index in [4.69, 9.17) is 16.3 Å². The standard InChI is InChI=1S/C14H19ClN2O2/c1-14(2,3)19-13(18)17-8-4-5-11(17)10-6-7-12(15)16-9-10/h6-7,9,11H,4-5,8H2,1-3H3. The van der Waals surface area contributed by atoms with Crippen LogP contribution < -0.4 is 0 Å². The number of rotatable bonds is 1. The Kier molecular flexibility index (Phi) is 3.99. The van der Waals surface area contributed by atoms with Crippen LogP contribution >= 0.6 is 11.6 Å². The number of hydrogen-bond donors (Lipinski definition) is 0. The molecule has 0 N–H and O–H groups in total. The van der Waals surface area contributed by atoms with Crippen molar-refractivity contribution in [1.82, 2.24) is 9.88 Å². The number of carbonyl (C=O) groups excluding carboxylic acids is 1. The highest BCUT2D eigenvalue weighted by Gasteiger charge is 2.33. The Labute approximate surface area is 118 Å². The number of nitrogens with zero attached hydrogens (tertiary/aromatic N) is 2. The highest BCUT2D eigenvalue weighted by molar-refractivity contribution is 6.29. The number of pyridine rings is 1. The molecule has 1 amide bonds. The molecular weight excluding hydrogens is 264 g/mol. The molecule has 1 aliphatic rings. The summed E-state index contributed by atoms with van der Waals surface area (Å²) in [6.07, 6.45) is 3.38. The number of aromatic nitrogens is 1. The van der Waals surface area contributed by atoms with Gasteiger partial charge in [-0.25, -0.2) is 9.78 Å². The molecule has 19 heavy (non-hydrogen) atoms. The molecule has 0 radical (unpaired) electrons. The first kappa shape index (κ1) is 14.1. The molecule has 1 atom stereocenters. The maximum atomic E-state index is 12.2. The van der Waals surface area contributed by atoms with E-state index in [1.54, 1.807) is 17.2 Å². The number of likely N-dealkylation sites (tertiary alicyclic amines) is 1. The van der Waals surface area contributed by atoms with Crippen LogP contribution in [0.25, 0.3) is 0 Å². The lowest BCUT2D eigenvalue weighted by atomic mass is 10.1. The Morgan fingerprint density at radius 2 is 2.21 bits per heavy atom. The van der Waals surface area contributed by atoms with Crippen molar-refractivity contribution >= 4 is 17.7 Å². The molecule has 0 spiro atoms. The molecule has 2 heterocycles. The van der Waals surface area contributed by atoms with E-state index in [1.807, 2.05) is 26.8 Å². The van der Waals surface area contributed by atoms with Crippen molar-refractivity contribution in [3.63, 3.8) is 0 Å². The number of carbonyl (C=O) groups is 1. The maximum absolute atomic E-state index is 12.2. The van der Waals surface area contributed by atoms with Crippen LogP contribution in [0, 0.1) is 0 Å². The second-order valence-corrected chi connectivity index (χ2v) is 6.13. The van der Waals surface area contributed by atoms with E-state index in [9.17, 15) is 4.79 Å². The van der Waals surface area contributed by atoms with Crippen LogP contribution in [0.1, 0.15) is 45.2 Å². The van der Waals surface area contributed by atoms with Gasteiger partial charge in [0, 0.05) is 12.7 Å². The number of ether oxygens (including phenoxy) is 1. The average molecular weight is 283 g/mol. The number of amides is 1. The van der Waals surface area contributed by atoms with E-state index >= 15 is 0 Å². The molecule has 0 saturated carbocycles. The van der Waals surface area contributed by atoms with E-state index in [2.05, 4.69) is 4.98 Å². The van der Waals surface area contributed by atoms with E-state index in [1.165, 1.54) is 0 Å². The van der Waals surface area contributed by atoms with Crippen molar-refractivity contribution in [2.75, 3.05) is 6.54 Å². The summed E-state index contributed by atoms with van der Waals surface area (Å²) in [6, 6.07) is 3.71. The number of hydrogen-bond acceptors (Lipinski definition) is 3. The smallest absolute Gasteiger partial charge is 0.410 e. The monoisotopic (exact) mass is 282 g/mol. The molecule has 104 valence electrons. The SMILES string of the molecule is CC(C)(C)OC(=O)N1CCCC1c1ccc(Cl)nc1. The van der Waals surface area contributed by atoms with Crippen molar-refractivity contribution in [2.24, 2.45) is 0 Å². The zero-order valence-electron chi connectivity index (χ0n) is 11.5. The molecular formula is C14H19ClN2O2. The van der Waals surface area contributed by atoms with Gasteiger partial charge in [0.05, 0.1) is 6.04 Å². The van der Waals surface area contributed by atoms with Crippen LogP contribution in [-0.2, 0) is 4.74 Å². The van der Waals surface area contributed by atoms with Gasteiger partial charge in [-0.05, 0) is 45.2 Å². The molecule has 1 unspecified atom stereocenters. The fourth-order valence-corrected chi connectivity index (χ4v) is 2.35. The van der Waals surface area contributed by atoms with Gasteiger partial charge in [-0.1, -0.05) is 17.7 Å². The van der Waals surface area contributed by atoms with Gasteiger partial charge in [-0.2, -0.15) is 0 Å². The quantitative estimate of drug-likeness (QED) is 0.736. The summed E-state index contributed by atoms with van der Waals surface area (Å²) >= 11 is 5.79. The van der Waals surface area contributed by atoms with E-state index in [0.717, 1.165) is 24.9 Å². The summed E-state index contributed by atoms with van der Waals surface area (Å²) in [7, 11) is 0. The van der Waals surface area contributed by atoms with Crippen molar-refractivity contribution in [2.45, 2.75) is 45.3 Å². The molecule has 1 fully saturated rings. The summed E-state index contributed by atoms with van der Waals surface area (Å²) in [4.78, 5) is 18.0. The van der Waals surface area contributed by atoms with Crippen molar-refractivity contribution in [3.05, 3.63) is 29.0 Å². The third-order valence-corrected chi connectivity index (χ3v) is 3.24. The lowest BCUT2D eigenvalue weighted by Crippen LogP contribution is -2.36. The Morgan fingerprint density at radius 1 is 1.47 bits per heavy atom. The largest absolute Gasteiger partial charge is 0.444 e. The fraction of sp³-hybridized carbons (Fsp3) is 0.571. The first-order chi connectivity index (χ1) is 8.87. The maximum Gasteiger partial charge on any atom is 0.410 e. The highest BCUT2D eigenvalue weighted by atomic mass is 35.5. The lowest BCUT2D eigenvalue weighted by molar-refractivity contribution is 0.0224. The van der Waals surface area contributed by atoms with Gasteiger partial charge in [0.15, 0.2) is 0 Å². The minimum absolute atomic E-state index is 0.0413. The van der Waals surface area contributed by atoms with Crippen LogP contribution in [0.5, 0.6) is 0 Å². The second kappa shape index (κ2) is 5.37. The fourth-order valence-electron chi connectivity index (χ4n) is 2.24. The van der Waals surface area contributed by atoms with Crippen LogP contribution in [0.3, 0.4) is 0 Å². The molecule has 4 nitrogen and oxygen atoms in total. The molecule has 1 saturated heterocycles. The first-order valence-electron chi connectivity index (χ1n) is 6.48. The predicted molar refractivity (Wildman–Crippen MR) is 74.2 cm³/mol. The molecule has 0 aromatic carbocycles. The summed E-state index contributed by atoms with van der Waals surface area (Å²) in [5.74, 6) is 0. The summed E-state index contributed by atoms with van der Waals surface area (Å²) in [5.41, 5.74) is 0.537. The van der Waals surface area contributed by atoms with E-state index in [-0.39, 0.29) is 12.1 Å². The molecule has 0 aliphatic carbocycles. The van der Waals surface area contributed by atoms with Crippen LogP contribution in [0.2, 0.25) is 5.15 Å². The van der Waals surface area contributed by atoms with Crippen molar-refractivity contribution in [1.29, 1.82) is 0 Å². The Bertz CT molecular complexity index is 454. The lowest BCUT2D eigenvalue weighted by Gasteiger charge is -2.28. The average Bonchev–Trinajstić information content (AvgIpc) is 2.76. The molecule has 0 bridgehead atoms. The van der Waals surface area contributed by atoms with Gasteiger partial charge >= 0.3 is 6.09 Å². The van der Waals surface area contributed by atoms with Gasteiger partial charge in [0.25, 0.3) is 0 Å². The zero-order chi connectivity index (χ0) is 14.0. The second-order valence-electron chi connectivity index (χ2n) is 5.75. The third-order valence-electron chi connectivity index (χ3n) is 3.02. The van der Waals surface area contributed by atoms with Crippen LogP contribution in [0.15, 0.2) is 18.3 Å². The van der Waals surface area contributed by atoms with E-state index < -0.39 is 5.60 Å². The highest BCUT2D eigenvalue weighted by Crippen LogP contribution is 2.33. The topological polar surface area (TPSA) is 42.4 Å². The summed E-state index contributed by atoms with van der Waals surface area (Å²) < 4.78 is 5.44. The van der Waals surface area contributed by atoms with Gasteiger partial charge in [-0.3, -0.25) is 0 Å². The predicted octanol–water partition coefficient (Wildman–Crippen LogP) is 3.81. The normalized spacial score (nSPS) is 19.6.